The van der Waals surface area contributed by atoms with Crippen molar-refractivity contribution in [1.82, 2.24) is 15.2 Å². The van der Waals surface area contributed by atoms with Crippen molar-refractivity contribution < 1.29 is 4.74 Å². The molecule has 0 saturated heterocycles. The van der Waals surface area contributed by atoms with Crippen molar-refractivity contribution in [1.29, 1.82) is 0 Å². The number of aryl methyl sites for hydroxylation is 1. The first-order chi connectivity index (χ1) is 13.0. The third kappa shape index (κ3) is 4.57. The molecule has 0 fully saturated rings. The number of halogens is 1. The van der Waals surface area contributed by atoms with Gasteiger partial charge in [-0.05, 0) is 42.8 Å². The Morgan fingerprint density at radius 1 is 1.07 bits per heavy atom. The second-order valence-electron chi connectivity index (χ2n) is 6.16. The molecule has 3 rings (SSSR count). The molecule has 0 saturated carbocycles. The van der Waals surface area contributed by atoms with Crippen LogP contribution >= 0.6 is 11.6 Å². The van der Waals surface area contributed by atoms with Crippen LogP contribution in [-0.2, 0) is 0 Å². The van der Waals surface area contributed by atoms with Crippen molar-refractivity contribution in [3.63, 3.8) is 0 Å². The molecule has 0 atom stereocenters. The van der Waals surface area contributed by atoms with E-state index in [9.17, 15) is 0 Å². The Balaban J connectivity index is 1.79. The second kappa shape index (κ2) is 8.09. The number of ether oxygens (including phenoxy) is 1. The minimum atomic E-state index is 0.391. The molecule has 0 spiro atoms. The number of hydrogen-bond acceptors (Lipinski definition) is 7. The van der Waals surface area contributed by atoms with E-state index in [1.165, 1.54) is 0 Å². The van der Waals surface area contributed by atoms with E-state index in [0.717, 1.165) is 22.6 Å². The summed E-state index contributed by atoms with van der Waals surface area (Å²) < 4.78 is 5.38. The zero-order valence-corrected chi connectivity index (χ0v) is 16.4. The van der Waals surface area contributed by atoms with E-state index in [-0.39, 0.29) is 0 Å². The topological polar surface area (TPSA) is 75.2 Å². The lowest BCUT2D eigenvalue weighted by Crippen LogP contribution is -2.08. The normalized spacial score (nSPS) is 10.4. The van der Waals surface area contributed by atoms with Crippen LogP contribution in [0.15, 0.2) is 42.6 Å². The van der Waals surface area contributed by atoms with Gasteiger partial charge in [0, 0.05) is 36.6 Å². The Labute approximate surface area is 163 Å². The first-order valence-electron chi connectivity index (χ1n) is 8.31. The molecular formula is C19H21ClN6O. The van der Waals surface area contributed by atoms with E-state index >= 15 is 0 Å². The Morgan fingerprint density at radius 2 is 1.81 bits per heavy atom. The standard InChI is InChI=1S/C19H21ClN6O/c1-12-9-16(17(27-4)10-15(12)20)23-18-11-21-25-19(24-18)22-13-5-7-14(8-6-13)26(2)3/h5-11H,1-4H3,(H2,22,23,24,25). The molecule has 27 heavy (non-hydrogen) atoms. The number of aromatic nitrogens is 3. The minimum absolute atomic E-state index is 0.391. The highest BCUT2D eigenvalue weighted by Gasteiger charge is 2.09. The van der Waals surface area contributed by atoms with Crippen molar-refractivity contribution in [3.05, 3.63) is 53.2 Å². The molecule has 1 heterocycles. The Hall–Kier alpha value is -3.06. The van der Waals surface area contributed by atoms with Crippen LogP contribution in [-0.4, -0.2) is 36.4 Å². The number of anilines is 5. The van der Waals surface area contributed by atoms with Crippen LogP contribution in [0.3, 0.4) is 0 Å². The van der Waals surface area contributed by atoms with Gasteiger partial charge in [-0.1, -0.05) is 11.6 Å². The summed E-state index contributed by atoms with van der Waals surface area (Å²) in [7, 11) is 5.59. The van der Waals surface area contributed by atoms with Crippen molar-refractivity contribution in [3.8, 4) is 5.75 Å². The number of rotatable bonds is 6. The van der Waals surface area contributed by atoms with Gasteiger partial charge in [0.25, 0.3) is 0 Å². The van der Waals surface area contributed by atoms with E-state index in [1.54, 1.807) is 19.4 Å². The summed E-state index contributed by atoms with van der Waals surface area (Å²) in [4.78, 5) is 6.49. The molecule has 0 aliphatic rings. The first-order valence-corrected chi connectivity index (χ1v) is 8.69. The lowest BCUT2D eigenvalue weighted by atomic mass is 10.2. The van der Waals surface area contributed by atoms with E-state index in [2.05, 4.69) is 25.8 Å². The van der Waals surface area contributed by atoms with Crippen molar-refractivity contribution >= 4 is 40.4 Å². The van der Waals surface area contributed by atoms with Crippen molar-refractivity contribution in [2.75, 3.05) is 36.7 Å². The predicted octanol–water partition coefficient (Wildman–Crippen LogP) is 4.40. The summed E-state index contributed by atoms with van der Waals surface area (Å²) in [6.45, 7) is 1.93. The third-order valence-corrected chi connectivity index (χ3v) is 4.35. The van der Waals surface area contributed by atoms with Crippen molar-refractivity contribution in [2.45, 2.75) is 6.92 Å². The van der Waals surface area contributed by atoms with E-state index in [4.69, 9.17) is 16.3 Å². The van der Waals surface area contributed by atoms with Gasteiger partial charge in [-0.25, -0.2) is 0 Å². The van der Waals surface area contributed by atoms with E-state index < -0.39 is 0 Å². The number of methoxy groups -OCH3 is 1. The van der Waals surface area contributed by atoms with Gasteiger partial charge in [-0.15, -0.1) is 5.10 Å². The largest absolute Gasteiger partial charge is 0.495 e. The lowest BCUT2D eigenvalue weighted by molar-refractivity contribution is 0.416. The molecule has 2 aromatic carbocycles. The van der Waals surface area contributed by atoms with Crippen LogP contribution < -0.4 is 20.3 Å². The molecule has 0 aliphatic carbocycles. The Morgan fingerprint density at radius 3 is 2.48 bits per heavy atom. The van der Waals surface area contributed by atoms with Gasteiger partial charge in [0.1, 0.15) is 5.75 Å². The van der Waals surface area contributed by atoms with Gasteiger partial charge in [-0.3, -0.25) is 0 Å². The van der Waals surface area contributed by atoms with Gasteiger partial charge in [0.2, 0.25) is 5.95 Å². The average Bonchev–Trinajstić information content (AvgIpc) is 2.65. The molecule has 3 aromatic rings. The van der Waals surface area contributed by atoms with Gasteiger partial charge >= 0.3 is 0 Å². The van der Waals surface area contributed by atoms with Crippen LogP contribution in [0.4, 0.5) is 28.8 Å². The van der Waals surface area contributed by atoms with Crippen LogP contribution in [0.25, 0.3) is 0 Å². The molecule has 0 bridgehead atoms. The molecule has 0 amide bonds. The number of nitrogens with one attached hydrogen (secondary N) is 2. The number of nitrogens with zero attached hydrogens (tertiary/aromatic N) is 4. The molecule has 7 nitrogen and oxygen atoms in total. The molecule has 0 radical (unpaired) electrons. The van der Waals surface area contributed by atoms with Gasteiger partial charge in [0.05, 0.1) is 19.0 Å². The van der Waals surface area contributed by atoms with E-state index in [0.29, 0.717) is 22.5 Å². The molecule has 0 aliphatic heterocycles. The highest BCUT2D eigenvalue weighted by atomic mass is 35.5. The highest BCUT2D eigenvalue weighted by Crippen LogP contribution is 2.32. The van der Waals surface area contributed by atoms with Crippen LogP contribution in [0.5, 0.6) is 5.75 Å². The van der Waals surface area contributed by atoms with Crippen LogP contribution in [0, 0.1) is 6.92 Å². The fraction of sp³-hybridized carbons (Fsp3) is 0.211. The molecule has 140 valence electrons. The average molecular weight is 385 g/mol. The lowest BCUT2D eigenvalue weighted by Gasteiger charge is -2.14. The maximum atomic E-state index is 6.15. The van der Waals surface area contributed by atoms with Crippen LogP contribution in [0.1, 0.15) is 5.56 Å². The van der Waals surface area contributed by atoms with Crippen molar-refractivity contribution in [2.24, 2.45) is 0 Å². The summed E-state index contributed by atoms with van der Waals surface area (Å²) in [6.07, 6.45) is 1.55. The molecule has 0 unspecified atom stereocenters. The number of benzene rings is 2. The monoisotopic (exact) mass is 384 g/mol. The molecule has 1 aromatic heterocycles. The summed E-state index contributed by atoms with van der Waals surface area (Å²) in [5.41, 5.74) is 3.67. The van der Waals surface area contributed by atoms with Gasteiger partial charge in [0.15, 0.2) is 5.82 Å². The van der Waals surface area contributed by atoms with Gasteiger partial charge in [-0.2, -0.15) is 10.1 Å². The quantitative estimate of drug-likeness (QED) is 0.652. The second-order valence-corrected chi connectivity index (χ2v) is 6.57. The summed E-state index contributed by atoms with van der Waals surface area (Å²) in [6, 6.07) is 11.6. The zero-order valence-electron chi connectivity index (χ0n) is 15.6. The minimum Gasteiger partial charge on any atom is -0.495 e. The van der Waals surface area contributed by atoms with Crippen LogP contribution in [0.2, 0.25) is 5.02 Å². The maximum absolute atomic E-state index is 6.15. The predicted molar refractivity (Wildman–Crippen MR) is 110 cm³/mol. The SMILES string of the molecule is COc1cc(Cl)c(C)cc1Nc1cnnc(Nc2ccc(N(C)C)cc2)n1. The fourth-order valence-corrected chi connectivity index (χ4v) is 2.61. The van der Waals surface area contributed by atoms with E-state index in [1.807, 2.05) is 56.3 Å². The number of hydrogen-bond donors (Lipinski definition) is 2. The van der Waals surface area contributed by atoms with Gasteiger partial charge < -0.3 is 20.3 Å². The summed E-state index contributed by atoms with van der Waals surface area (Å²) in [5.74, 6) is 1.55. The summed E-state index contributed by atoms with van der Waals surface area (Å²) in [5, 5.41) is 15.0. The molecule has 8 heteroatoms. The maximum Gasteiger partial charge on any atom is 0.249 e. The summed E-state index contributed by atoms with van der Waals surface area (Å²) >= 11 is 6.15. The highest BCUT2D eigenvalue weighted by molar-refractivity contribution is 6.31. The smallest absolute Gasteiger partial charge is 0.249 e. The zero-order chi connectivity index (χ0) is 19.4. The molecule has 2 N–H and O–H groups in total. The Bertz CT molecular complexity index is 930. The third-order valence-electron chi connectivity index (χ3n) is 3.94. The Kier molecular flexibility index (Phi) is 5.61. The fourth-order valence-electron chi connectivity index (χ4n) is 2.46. The first kappa shape index (κ1) is 18.7. The molecular weight excluding hydrogens is 364 g/mol.